The minimum atomic E-state index is -0.345. The van der Waals surface area contributed by atoms with Crippen LogP contribution in [0.1, 0.15) is 32.3 Å². The van der Waals surface area contributed by atoms with Gasteiger partial charge in [-0.25, -0.2) is 4.79 Å². The van der Waals surface area contributed by atoms with E-state index in [2.05, 4.69) is 0 Å². The van der Waals surface area contributed by atoms with Gasteiger partial charge < -0.3 is 14.5 Å². The molecule has 2 saturated heterocycles. The molecule has 3 rings (SSSR count). The van der Waals surface area contributed by atoms with Crippen LogP contribution in [0.2, 0.25) is 10.0 Å². The number of ether oxygens (including phenoxy) is 1. The Morgan fingerprint density at radius 2 is 1.96 bits per heavy atom. The topological polar surface area (TPSA) is 49.9 Å². The first-order chi connectivity index (χ1) is 11.4. The highest BCUT2D eigenvalue weighted by molar-refractivity contribution is 6.36. The molecular weight excluding hydrogens is 351 g/mol. The largest absolute Gasteiger partial charge is 0.447 e. The van der Waals surface area contributed by atoms with Crippen molar-refractivity contribution >= 4 is 35.2 Å². The second kappa shape index (κ2) is 6.81. The number of rotatable bonds is 3. The van der Waals surface area contributed by atoms with Gasteiger partial charge in [-0.1, -0.05) is 29.3 Å². The average molecular weight is 371 g/mol. The molecule has 2 amide bonds. The van der Waals surface area contributed by atoms with E-state index in [0.717, 1.165) is 12.0 Å². The summed E-state index contributed by atoms with van der Waals surface area (Å²) in [7, 11) is 0. The molecule has 1 aromatic rings. The smallest absolute Gasteiger partial charge is 0.410 e. The summed E-state index contributed by atoms with van der Waals surface area (Å²) in [5.74, 6) is 0.0167. The summed E-state index contributed by atoms with van der Waals surface area (Å²) < 4.78 is 5.28. The Bertz CT molecular complexity index is 645. The van der Waals surface area contributed by atoms with Crippen molar-refractivity contribution in [2.45, 2.75) is 51.4 Å². The van der Waals surface area contributed by atoms with Crippen molar-refractivity contribution in [3.63, 3.8) is 0 Å². The number of amides is 2. The van der Waals surface area contributed by atoms with Gasteiger partial charge in [-0.05, 0) is 32.4 Å². The fourth-order valence-electron chi connectivity index (χ4n) is 3.48. The minimum Gasteiger partial charge on any atom is -0.447 e. The molecule has 2 aliphatic heterocycles. The third kappa shape index (κ3) is 3.20. The Hall–Kier alpha value is -1.46. The van der Waals surface area contributed by atoms with E-state index in [0.29, 0.717) is 29.6 Å². The number of hydrogen-bond acceptors (Lipinski definition) is 3. The van der Waals surface area contributed by atoms with Gasteiger partial charge in [0.1, 0.15) is 0 Å². The van der Waals surface area contributed by atoms with Gasteiger partial charge >= 0.3 is 6.09 Å². The fourth-order valence-corrected chi connectivity index (χ4v) is 4.00. The molecule has 0 bridgehead atoms. The Balaban J connectivity index is 1.76. The first-order valence-corrected chi connectivity index (χ1v) is 8.83. The molecule has 0 aromatic heterocycles. The molecule has 130 valence electrons. The van der Waals surface area contributed by atoms with E-state index in [4.69, 9.17) is 27.9 Å². The summed E-state index contributed by atoms with van der Waals surface area (Å²) in [5, 5.41) is 1.10. The number of likely N-dealkylation sites (tertiary alicyclic amines) is 2. The van der Waals surface area contributed by atoms with Crippen molar-refractivity contribution in [1.82, 2.24) is 9.80 Å². The minimum absolute atomic E-state index is 0.00967. The van der Waals surface area contributed by atoms with Crippen molar-refractivity contribution in [2.75, 3.05) is 6.54 Å². The second-order valence-electron chi connectivity index (χ2n) is 6.48. The number of carbonyl (C=O) groups excluding carboxylic acids is 2. The molecule has 2 aliphatic rings. The zero-order valence-electron chi connectivity index (χ0n) is 13.7. The lowest BCUT2D eigenvalue weighted by Gasteiger charge is -2.26. The van der Waals surface area contributed by atoms with Crippen molar-refractivity contribution in [1.29, 1.82) is 0 Å². The van der Waals surface area contributed by atoms with Gasteiger partial charge in [0.2, 0.25) is 5.91 Å². The number of hydrogen-bond donors (Lipinski definition) is 0. The molecule has 2 atom stereocenters. The van der Waals surface area contributed by atoms with E-state index in [1.807, 2.05) is 13.8 Å². The predicted molar refractivity (Wildman–Crippen MR) is 92.1 cm³/mol. The van der Waals surface area contributed by atoms with E-state index in [9.17, 15) is 9.59 Å². The van der Waals surface area contributed by atoms with Crippen LogP contribution in [0.5, 0.6) is 0 Å². The predicted octanol–water partition coefficient (Wildman–Crippen LogP) is 3.71. The SMILES string of the molecule is CC(C)OC(=O)N1CC[C@H]2[C@@H]1CC(=O)N2Cc1c(Cl)cccc1Cl. The molecule has 1 aromatic carbocycles. The van der Waals surface area contributed by atoms with Crippen LogP contribution in [-0.4, -0.2) is 46.5 Å². The summed E-state index contributed by atoms with van der Waals surface area (Å²) >= 11 is 12.5. The first kappa shape index (κ1) is 17.4. The summed E-state index contributed by atoms with van der Waals surface area (Å²) in [6.07, 6.45) is 0.542. The van der Waals surface area contributed by atoms with Gasteiger partial charge in [-0.15, -0.1) is 0 Å². The Morgan fingerprint density at radius 1 is 1.29 bits per heavy atom. The van der Waals surface area contributed by atoms with Crippen LogP contribution >= 0.6 is 23.2 Å². The van der Waals surface area contributed by atoms with Gasteiger partial charge in [0, 0.05) is 35.1 Å². The van der Waals surface area contributed by atoms with Gasteiger partial charge in [0.15, 0.2) is 0 Å². The van der Waals surface area contributed by atoms with E-state index < -0.39 is 0 Å². The maximum absolute atomic E-state index is 12.5. The van der Waals surface area contributed by atoms with Gasteiger partial charge in [-0.3, -0.25) is 4.79 Å². The lowest BCUT2D eigenvalue weighted by atomic mass is 10.1. The highest BCUT2D eigenvalue weighted by Crippen LogP contribution is 2.36. The Morgan fingerprint density at radius 3 is 2.58 bits per heavy atom. The maximum Gasteiger partial charge on any atom is 0.410 e. The molecule has 7 heteroatoms. The van der Waals surface area contributed by atoms with Crippen LogP contribution in [-0.2, 0) is 16.1 Å². The molecule has 0 spiro atoms. The highest BCUT2D eigenvalue weighted by Gasteiger charge is 2.49. The Labute approximate surface area is 151 Å². The van der Waals surface area contributed by atoms with Gasteiger partial charge in [-0.2, -0.15) is 0 Å². The normalized spacial score (nSPS) is 23.1. The second-order valence-corrected chi connectivity index (χ2v) is 7.29. The van der Waals surface area contributed by atoms with Crippen LogP contribution in [0.15, 0.2) is 18.2 Å². The molecule has 0 radical (unpaired) electrons. The molecule has 5 nitrogen and oxygen atoms in total. The molecule has 24 heavy (non-hydrogen) atoms. The van der Waals surface area contributed by atoms with E-state index in [-0.39, 0.29) is 30.2 Å². The summed E-state index contributed by atoms with van der Waals surface area (Å²) in [4.78, 5) is 28.1. The number of nitrogens with zero attached hydrogens (tertiary/aromatic N) is 2. The fraction of sp³-hybridized carbons (Fsp3) is 0.529. The van der Waals surface area contributed by atoms with Gasteiger partial charge in [0.05, 0.1) is 18.2 Å². The van der Waals surface area contributed by atoms with Crippen LogP contribution in [0.25, 0.3) is 0 Å². The van der Waals surface area contributed by atoms with Gasteiger partial charge in [0.25, 0.3) is 0 Å². The van der Waals surface area contributed by atoms with E-state index in [1.165, 1.54) is 0 Å². The van der Waals surface area contributed by atoms with E-state index in [1.54, 1.807) is 28.0 Å². The quantitative estimate of drug-likeness (QED) is 0.814. The van der Waals surface area contributed by atoms with E-state index >= 15 is 0 Å². The molecule has 2 heterocycles. The third-order valence-electron chi connectivity index (χ3n) is 4.58. The zero-order chi connectivity index (χ0) is 17.4. The molecule has 2 fully saturated rings. The highest BCUT2D eigenvalue weighted by atomic mass is 35.5. The number of halogens is 2. The van der Waals surface area contributed by atoms with Crippen LogP contribution < -0.4 is 0 Å². The summed E-state index contributed by atoms with van der Waals surface area (Å²) in [5.41, 5.74) is 0.748. The third-order valence-corrected chi connectivity index (χ3v) is 5.28. The molecule has 0 aliphatic carbocycles. The van der Waals surface area contributed by atoms with Crippen LogP contribution in [0.3, 0.4) is 0 Å². The van der Waals surface area contributed by atoms with Crippen molar-refractivity contribution in [3.8, 4) is 0 Å². The molecule has 0 saturated carbocycles. The van der Waals surface area contributed by atoms with Crippen LogP contribution in [0.4, 0.5) is 4.79 Å². The molecule has 0 unspecified atom stereocenters. The number of benzene rings is 1. The first-order valence-electron chi connectivity index (χ1n) is 8.08. The van der Waals surface area contributed by atoms with Crippen LogP contribution in [0, 0.1) is 0 Å². The Kier molecular flexibility index (Phi) is 4.92. The van der Waals surface area contributed by atoms with Crippen molar-refractivity contribution < 1.29 is 14.3 Å². The number of fused-ring (bicyclic) bond motifs is 1. The summed E-state index contributed by atoms with van der Waals surface area (Å²) in [6.45, 7) is 4.60. The van der Waals surface area contributed by atoms with Crippen molar-refractivity contribution in [2.24, 2.45) is 0 Å². The lowest BCUT2D eigenvalue weighted by Crippen LogP contribution is -2.40. The molecule has 0 N–H and O–H groups in total. The maximum atomic E-state index is 12.5. The lowest BCUT2D eigenvalue weighted by molar-refractivity contribution is -0.129. The summed E-state index contributed by atoms with van der Waals surface area (Å²) in [6, 6.07) is 5.17. The number of carbonyl (C=O) groups is 2. The standard InChI is InChI=1S/C17H20Cl2N2O3/c1-10(2)24-17(23)20-7-6-14-15(20)8-16(22)21(14)9-11-12(18)4-3-5-13(11)19/h3-5,10,14-15H,6-9H2,1-2H3/t14-,15-/m0/s1. The molecular formula is C17H20Cl2N2O3. The average Bonchev–Trinajstić information content (AvgIpc) is 3.01. The monoisotopic (exact) mass is 370 g/mol. The zero-order valence-corrected chi connectivity index (χ0v) is 15.2. The van der Waals surface area contributed by atoms with Crippen molar-refractivity contribution in [3.05, 3.63) is 33.8 Å².